The van der Waals surface area contributed by atoms with Crippen LogP contribution in [-0.4, -0.2) is 34.5 Å². The molecule has 2 amide bonds. The minimum atomic E-state index is -0.134. The van der Waals surface area contributed by atoms with Crippen molar-refractivity contribution in [2.45, 2.75) is 75.1 Å². The summed E-state index contributed by atoms with van der Waals surface area (Å²) in [5.74, 6) is 0.215. The third-order valence-corrected chi connectivity index (χ3v) is 5.30. The van der Waals surface area contributed by atoms with Crippen molar-refractivity contribution in [2.75, 3.05) is 0 Å². The third-order valence-electron chi connectivity index (χ3n) is 3.75. The van der Waals surface area contributed by atoms with Crippen LogP contribution in [0.15, 0.2) is 0 Å². The summed E-state index contributed by atoms with van der Waals surface area (Å²) in [5, 5.41) is 0.439. The number of hydrogen-bond acceptors (Lipinski definition) is 3. The van der Waals surface area contributed by atoms with Gasteiger partial charge in [-0.2, -0.15) is 0 Å². The van der Waals surface area contributed by atoms with E-state index in [0.717, 1.165) is 0 Å². The standard InChI is InChI=1S/C14H23BNO2S/c1-10(2)15-16-13(17)9-12(14(16)18)19-11-7-5-3-4-6-8-11/h10-12H,3-9H2,1-2H3. The number of hydrogen-bond donors (Lipinski definition) is 0. The highest BCUT2D eigenvalue weighted by Crippen LogP contribution is 2.35. The van der Waals surface area contributed by atoms with Gasteiger partial charge in [-0.05, 0) is 12.8 Å². The Balaban J connectivity index is 1.90. The van der Waals surface area contributed by atoms with Crippen LogP contribution in [0, 0.1) is 0 Å². The van der Waals surface area contributed by atoms with Gasteiger partial charge in [0.1, 0.15) is 0 Å². The van der Waals surface area contributed by atoms with Gasteiger partial charge in [0.25, 0.3) is 7.41 Å². The van der Waals surface area contributed by atoms with Crippen LogP contribution >= 0.6 is 11.8 Å². The molecule has 5 heteroatoms. The summed E-state index contributed by atoms with van der Waals surface area (Å²) in [6.45, 7) is 3.98. The summed E-state index contributed by atoms with van der Waals surface area (Å²) < 4.78 is 0. The number of carbonyl (C=O) groups excluding carboxylic acids is 2. The molecule has 1 saturated heterocycles. The average Bonchev–Trinajstić information content (AvgIpc) is 2.59. The molecular formula is C14H23BNO2S. The molecule has 1 heterocycles. The Kier molecular flexibility index (Phi) is 5.37. The monoisotopic (exact) mass is 280 g/mol. The second kappa shape index (κ2) is 6.82. The Bertz CT molecular complexity index is 340. The minimum Gasteiger partial charge on any atom is -0.333 e. The second-order valence-corrected chi connectivity index (χ2v) is 7.45. The van der Waals surface area contributed by atoms with E-state index in [2.05, 4.69) is 0 Å². The molecule has 0 aromatic heterocycles. The zero-order valence-corrected chi connectivity index (χ0v) is 12.7. The predicted molar refractivity (Wildman–Crippen MR) is 80.2 cm³/mol. The first kappa shape index (κ1) is 15.0. The van der Waals surface area contributed by atoms with Gasteiger partial charge < -0.3 is 4.81 Å². The maximum Gasteiger partial charge on any atom is 0.263 e. The molecular weight excluding hydrogens is 257 g/mol. The summed E-state index contributed by atoms with van der Waals surface area (Å²) >= 11 is 1.75. The Morgan fingerprint density at radius 1 is 1.16 bits per heavy atom. The van der Waals surface area contributed by atoms with E-state index < -0.39 is 0 Å². The Labute approximate surface area is 121 Å². The molecule has 105 valence electrons. The highest BCUT2D eigenvalue weighted by Gasteiger charge is 2.40. The van der Waals surface area contributed by atoms with Gasteiger partial charge in [0.05, 0.1) is 5.25 Å². The number of nitrogens with zero attached hydrogens (tertiary/aromatic N) is 1. The van der Waals surface area contributed by atoms with Crippen LogP contribution in [0.25, 0.3) is 0 Å². The second-order valence-electron chi connectivity index (χ2n) is 5.94. The van der Waals surface area contributed by atoms with E-state index in [0.29, 0.717) is 11.7 Å². The zero-order valence-electron chi connectivity index (χ0n) is 11.9. The van der Waals surface area contributed by atoms with E-state index in [1.54, 1.807) is 19.2 Å². The fourth-order valence-corrected chi connectivity index (χ4v) is 4.33. The van der Waals surface area contributed by atoms with Crippen LogP contribution in [0.5, 0.6) is 0 Å². The molecule has 2 rings (SSSR count). The topological polar surface area (TPSA) is 37.4 Å². The smallest absolute Gasteiger partial charge is 0.263 e. The molecule has 1 unspecified atom stereocenters. The molecule has 3 nitrogen and oxygen atoms in total. The van der Waals surface area contributed by atoms with Crippen LogP contribution < -0.4 is 0 Å². The van der Waals surface area contributed by atoms with E-state index in [-0.39, 0.29) is 22.9 Å². The van der Waals surface area contributed by atoms with E-state index in [9.17, 15) is 9.59 Å². The Morgan fingerprint density at radius 3 is 2.37 bits per heavy atom. The van der Waals surface area contributed by atoms with Gasteiger partial charge in [-0.15, -0.1) is 11.8 Å². The van der Waals surface area contributed by atoms with Gasteiger partial charge >= 0.3 is 0 Å². The van der Waals surface area contributed by atoms with Gasteiger partial charge in [-0.1, -0.05) is 45.3 Å². The first-order valence-corrected chi connectivity index (χ1v) is 8.38. The van der Waals surface area contributed by atoms with Crippen molar-refractivity contribution in [1.29, 1.82) is 0 Å². The molecule has 0 spiro atoms. The highest BCUT2D eigenvalue weighted by atomic mass is 32.2. The molecule has 2 fully saturated rings. The quantitative estimate of drug-likeness (QED) is 0.451. The van der Waals surface area contributed by atoms with E-state index in [1.165, 1.54) is 43.3 Å². The first-order chi connectivity index (χ1) is 9.08. The summed E-state index contributed by atoms with van der Waals surface area (Å²) in [6.07, 6.45) is 7.99. The molecule has 0 aromatic rings. The number of thioether (sulfide) groups is 1. The molecule has 0 N–H and O–H groups in total. The summed E-state index contributed by atoms with van der Waals surface area (Å²) in [6, 6.07) is 0. The maximum absolute atomic E-state index is 12.3. The summed E-state index contributed by atoms with van der Waals surface area (Å²) in [5.41, 5.74) is 0. The van der Waals surface area contributed by atoms with Crippen molar-refractivity contribution in [1.82, 2.24) is 4.81 Å². The van der Waals surface area contributed by atoms with E-state index in [1.807, 2.05) is 13.8 Å². The van der Waals surface area contributed by atoms with Crippen molar-refractivity contribution in [2.24, 2.45) is 0 Å². The molecule has 2 aliphatic rings. The third kappa shape index (κ3) is 4.01. The van der Waals surface area contributed by atoms with Crippen LogP contribution in [0.3, 0.4) is 0 Å². The molecule has 0 bridgehead atoms. The van der Waals surface area contributed by atoms with Crippen molar-refractivity contribution in [3.8, 4) is 0 Å². The van der Waals surface area contributed by atoms with Gasteiger partial charge in [0, 0.05) is 11.7 Å². The fraction of sp³-hybridized carbons (Fsp3) is 0.857. The van der Waals surface area contributed by atoms with E-state index in [4.69, 9.17) is 0 Å². The van der Waals surface area contributed by atoms with Crippen molar-refractivity contribution in [3.05, 3.63) is 0 Å². The van der Waals surface area contributed by atoms with Gasteiger partial charge in [0.15, 0.2) is 0 Å². The van der Waals surface area contributed by atoms with E-state index >= 15 is 0 Å². The SMILES string of the molecule is CC(C)[B]N1C(=O)CC(SC2CCCCCC2)C1=O. The molecule has 19 heavy (non-hydrogen) atoms. The molecule has 1 saturated carbocycles. The summed E-state index contributed by atoms with van der Waals surface area (Å²) in [4.78, 5) is 25.5. The largest absolute Gasteiger partial charge is 0.333 e. The lowest BCUT2D eigenvalue weighted by molar-refractivity contribution is -0.132. The van der Waals surface area contributed by atoms with Crippen LogP contribution in [0.4, 0.5) is 0 Å². The summed E-state index contributed by atoms with van der Waals surface area (Å²) in [7, 11) is 1.76. The van der Waals surface area contributed by atoms with Gasteiger partial charge in [-0.25, -0.2) is 0 Å². The Morgan fingerprint density at radius 2 is 1.79 bits per heavy atom. The maximum atomic E-state index is 12.3. The Hall–Kier alpha value is -0.445. The van der Waals surface area contributed by atoms with Crippen LogP contribution in [0.2, 0.25) is 5.82 Å². The molecule has 1 radical (unpaired) electrons. The van der Waals surface area contributed by atoms with Crippen LogP contribution in [0.1, 0.15) is 58.8 Å². The lowest BCUT2D eigenvalue weighted by Gasteiger charge is -2.19. The minimum absolute atomic E-state index is 0.00736. The number of rotatable bonds is 4. The first-order valence-electron chi connectivity index (χ1n) is 7.44. The van der Waals surface area contributed by atoms with Crippen molar-refractivity contribution in [3.63, 3.8) is 0 Å². The number of amides is 2. The lowest BCUT2D eigenvalue weighted by Crippen LogP contribution is -2.36. The molecule has 1 aliphatic carbocycles. The zero-order chi connectivity index (χ0) is 13.8. The average molecular weight is 280 g/mol. The van der Waals surface area contributed by atoms with Crippen LogP contribution in [-0.2, 0) is 9.59 Å². The number of imide groups is 1. The predicted octanol–water partition coefficient (Wildman–Crippen LogP) is 3.02. The van der Waals surface area contributed by atoms with Crippen molar-refractivity contribution >= 4 is 31.0 Å². The highest BCUT2D eigenvalue weighted by molar-refractivity contribution is 8.01. The molecule has 1 atom stereocenters. The number of carbonyl (C=O) groups is 2. The van der Waals surface area contributed by atoms with Crippen molar-refractivity contribution < 1.29 is 9.59 Å². The lowest BCUT2D eigenvalue weighted by atomic mass is 9.76. The molecule has 1 aliphatic heterocycles. The van der Waals surface area contributed by atoms with Gasteiger partial charge in [0.2, 0.25) is 11.8 Å². The van der Waals surface area contributed by atoms with Gasteiger partial charge in [-0.3, -0.25) is 9.59 Å². The molecule has 0 aromatic carbocycles. The fourth-order valence-electron chi connectivity index (χ4n) is 2.79. The normalized spacial score (nSPS) is 26.1.